The average Bonchev–Trinajstić information content (AvgIpc) is 2.38. The number of nitrogens with zero attached hydrogens (tertiary/aromatic N) is 1. The van der Waals surface area contributed by atoms with Crippen LogP contribution in [0.1, 0.15) is 18.4 Å². The molecule has 0 bridgehead atoms. The summed E-state index contributed by atoms with van der Waals surface area (Å²) in [5.74, 6) is -0.306. The van der Waals surface area contributed by atoms with Crippen molar-refractivity contribution < 1.29 is 12.8 Å². The summed E-state index contributed by atoms with van der Waals surface area (Å²) in [6.07, 6.45) is 1.09. The molecule has 0 aromatic heterocycles. The van der Waals surface area contributed by atoms with E-state index in [4.69, 9.17) is 10.9 Å². The number of halogens is 1. The molecule has 19 heavy (non-hydrogen) atoms. The molecule has 0 spiro atoms. The lowest BCUT2D eigenvalue weighted by atomic mass is 9.73. The highest BCUT2D eigenvalue weighted by molar-refractivity contribution is 7.86. The molecule has 4 N–H and O–H groups in total. The molecule has 0 radical (unpaired) electrons. The van der Waals surface area contributed by atoms with Crippen LogP contribution in [0.2, 0.25) is 0 Å². The van der Waals surface area contributed by atoms with Gasteiger partial charge in [-0.15, -0.1) is 0 Å². The minimum atomic E-state index is -3.66. The molecular formula is C12H18FN3O2S. The van der Waals surface area contributed by atoms with E-state index in [2.05, 4.69) is 0 Å². The minimum Gasteiger partial charge on any atom is -0.330 e. The lowest BCUT2D eigenvalue weighted by molar-refractivity contribution is 0.237. The quantitative estimate of drug-likeness (QED) is 0.839. The lowest BCUT2D eigenvalue weighted by Crippen LogP contribution is -2.50. The maximum absolute atomic E-state index is 13.3. The molecule has 1 aromatic carbocycles. The molecule has 106 valence electrons. The molecule has 5 nitrogen and oxygen atoms in total. The Hall–Kier alpha value is -1.02. The molecule has 0 atom stereocenters. The van der Waals surface area contributed by atoms with Gasteiger partial charge in [-0.2, -0.15) is 12.7 Å². The molecule has 0 aliphatic carbocycles. The van der Waals surface area contributed by atoms with Crippen molar-refractivity contribution in [2.24, 2.45) is 10.9 Å². The number of hydrogen-bond donors (Lipinski definition) is 2. The van der Waals surface area contributed by atoms with Crippen molar-refractivity contribution in [1.82, 2.24) is 4.31 Å². The summed E-state index contributed by atoms with van der Waals surface area (Å²) >= 11 is 0. The molecule has 2 rings (SSSR count). The molecule has 7 heteroatoms. The summed E-state index contributed by atoms with van der Waals surface area (Å²) in [5, 5.41) is 5.11. The third kappa shape index (κ3) is 2.94. The van der Waals surface area contributed by atoms with E-state index in [0.717, 1.165) is 5.56 Å². The Morgan fingerprint density at radius 3 is 2.42 bits per heavy atom. The van der Waals surface area contributed by atoms with E-state index in [0.29, 0.717) is 32.5 Å². The number of hydrogen-bond acceptors (Lipinski definition) is 3. The van der Waals surface area contributed by atoms with Gasteiger partial charge in [0.15, 0.2) is 0 Å². The summed E-state index contributed by atoms with van der Waals surface area (Å²) in [7, 11) is -3.66. The molecule has 1 saturated heterocycles. The molecule has 0 unspecified atom stereocenters. The van der Waals surface area contributed by atoms with E-state index < -0.39 is 10.2 Å². The molecule has 0 amide bonds. The van der Waals surface area contributed by atoms with Crippen LogP contribution in [0.4, 0.5) is 4.39 Å². The predicted molar refractivity (Wildman–Crippen MR) is 71.0 cm³/mol. The summed E-state index contributed by atoms with van der Waals surface area (Å²) in [6.45, 7) is 0.980. The average molecular weight is 287 g/mol. The van der Waals surface area contributed by atoms with E-state index in [1.165, 1.54) is 16.4 Å². The fourth-order valence-corrected chi connectivity index (χ4v) is 3.29. The lowest BCUT2D eigenvalue weighted by Gasteiger charge is -2.40. The van der Waals surface area contributed by atoms with Gasteiger partial charge < -0.3 is 5.73 Å². The number of benzene rings is 1. The Morgan fingerprint density at radius 2 is 1.95 bits per heavy atom. The Labute approximate surface area is 112 Å². The van der Waals surface area contributed by atoms with Crippen molar-refractivity contribution in [3.05, 3.63) is 35.6 Å². The normalized spacial score (nSPS) is 20.4. The Morgan fingerprint density at radius 1 is 1.32 bits per heavy atom. The predicted octanol–water partition coefficient (Wildman–Crippen LogP) is 0.322. The van der Waals surface area contributed by atoms with E-state index in [9.17, 15) is 12.8 Å². The van der Waals surface area contributed by atoms with Gasteiger partial charge in [0, 0.05) is 25.0 Å². The third-order valence-corrected chi connectivity index (χ3v) is 4.95. The number of nitrogens with two attached hydrogens (primary N) is 2. The highest BCUT2D eigenvalue weighted by Crippen LogP contribution is 2.35. The molecule has 1 aliphatic rings. The van der Waals surface area contributed by atoms with Gasteiger partial charge in [-0.3, -0.25) is 0 Å². The standard InChI is InChI=1S/C12H18FN3O2S/c13-11-3-1-2-10(8-11)12(9-14)4-6-16(7-5-12)19(15,17)18/h1-3,8H,4-7,9,14H2,(H2,15,17,18). The molecule has 1 aliphatic heterocycles. The fourth-order valence-electron chi connectivity index (χ4n) is 2.60. The minimum absolute atomic E-state index is 0.306. The van der Waals surface area contributed by atoms with Crippen LogP contribution in [0.5, 0.6) is 0 Å². The molecule has 1 heterocycles. The zero-order valence-corrected chi connectivity index (χ0v) is 11.4. The van der Waals surface area contributed by atoms with Crippen LogP contribution in [-0.4, -0.2) is 32.4 Å². The second kappa shape index (κ2) is 5.16. The summed E-state index contributed by atoms with van der Waals surface area (Å²) in [4.78, 5) is 0. The third-order valence-electron chi connectivity index (χ3n) is 3.87. The number of rotatable bonds is 3. The van der Waals surface area contributed by atoms with Gasteiger partial charge in [0.05, 0.1) is 0 Å². The van der Waals surface area contributed by atoms with Crippen LogP contribution in [-0.2, 0) is 15.6 Å². The van der Waals surface area contributed by atoms with Gasteiger partial charge >= 0.3 is 0 Å². The van der Waals surface area contributed by atoms with Crippen molar-refractivity contribution in [3.8, 4) is 0 Å². The maximum atomic E-state index is 13.3. The van der Waals surface area contributed by atoms with Crippen molar-refractivity contribution >= 4 is 10.2 Å². The zero-order valence-electron chi connectivity index (χ0n) is 10.5. The Kier molecular flexibility index (Phi) is 3.91. The smallest absolute Gasteiger partial charge is 0.276 e. The molecule has 1 fully saturated rings. The molecule has 0 saturated carbocycles. The van der Waals surface area contributed by atoms with Crippen LogP contribution < -0.4 is 10.9 Å². The number of piperidine rings is 1. The van der Waals surface area contributed by atoms with Crippen LogP contribution in [0.15, 0.2) is 24.3 Å². The first-order valence-electron chi connectivity index (χ1n) is 6.11. The monoisotopic (exact) mass is 287 g/mol. The molecule has 1 aromatic rings. The van der Waals surface area contributed by atoms with Gasteiger partial charge in [0.2, 0.25) is 0 Å². The first kappa shape index (κ1) is 14.4. The van der Waals surface area contributed by atoms with Crippen LogP contribution in [0.25, 0.3) is 0 Å². The maximum Gasteiger partial charge on any atom is 0.276 e. The van der Waals surface area contributed by atoms with Crippen molar-refractivity contribution in [3.63, 3.8) is 0 Å². The van der Waals surface area contributed by atoms with Gasteiger partial charge in [-0.1, -0.05) is 12.1 Å². The van der Waals surface area contributed by atoms with Crippen molar-refractivity contribution in [1.29, 1.82) is 0 Å². The van der Waals surface area contributed by atoms with E-state index >= 15 is 0 Å². The van der Waals surface area contributed by atoms with Gasteiger partial charge in [0.1, 0.15) is 5.82 Å². The van der Waals surface area contributed by atoms with Crippen LogP contribution >= 0.6 is 0 Å². The van der Waals surface area contributed by atoms with Crippen molar-refractivity contribution in [2.45, 2.75) is 18.3 Å². The summed E-state index contributed by atoms with van der Waals surface area (Å²) in [6, 6.07) is 6.34. The Balaban J connectivity index is 2.23. The SMILES string of the molecule is NCC1(c2cccc(F)c2)CCN(S(N)(=O)=O)CC1. The first-order valence-corrected chi connectivity index (χ1v) is 7.62. The van der Waals surface area contributed by atoms with E-state index in [1.54, 1.807) is 6.07 Å². The second-order valence-corrected chi connectivity index (χ2v) is 6.49. The van der Waals surface area contributed by atoms with Gasteiger partial charge in [0.25, 0.3) is 10.2 Å². The van der Waals surface area contributed by atoms with Crippen LogP contribution in [0, 0.1) is 5.82 Å². The topological polar surface area (TPSA) is 89.4 Å². The van der Waals surface area contributed by atoms with E-state index in [1.807, 2.05) is 6.07 Å². The van der Waals surface area contributed by atoms with Crippen LogP contribution in [0.3, 0.4) is 0 Å². The highest BCUT2D eigenvalue weighted by atomic mass is 32.2. The van der Waals surface area contributed by atoms with Gasteiger partial charge in [-0.25, -0.2) is 9.53 Å². The van der Waals surface area contributed by atoms with E-state index in [-0.39, 0.29) is 11.2 Å². The summed E-state index contributed by atoms with van der Waals surface area (Å²) in [5.41, 5.74) is 6.30. The van der Waals surface area contributed by atoms with Crippen molar-refractivity contribution in [2.75, 3.05) is 19.6 Å². The fraction of sp³-hybridized carbons (Fsp3) is 0.500. The van der Waals surface area contributed by atoms with Gasteiger partial charge in [-0.05, 0) is 30.5 Å². The Bertz CT molecular complexity index is 554. The first-order chi connectivity index (χ1) is 8.87. The second-order valence-electron chi connectivity index (χ2n) is 4.94. The largest absolute Gasteiger partial charge is 0.330 e. The molecular weight excluding hydrogens is 269 g/mol. The highest BCUT2D eigenvalue weighted by Gasteiger charge is 2.37. The summed E-state index contributed by atoms with van der Waals surface area (Å²) < 4.78 is 37.1. The zero-order chi connectivity index (χ0) is 14.1.